The van der Waals surface area contributed by atoms with Crippen molar-refractivity contribution in [2.75, 3.05) is 26.3 Å². The number of aliphatic imine (C=N–C) groups is 1. The van der Waals surface area contributed by atoms with E-state index in [1.807, 2.05) is 6.92 Å². The van der Waals surface area contributed by atoms with Crippen molar-refractivity contribution >= 4 is 17.3 Å². The van der Waals surface area contributed by atoms with E-state index in [4.69, 9.17) is 4.74 Å². The molecular formula is C16H30N4OS. The van der Waals surface area contributed by atoms with Crippen LogP contribution in [0, 0.1) is 19.8 Å². The van der Waals surface area contributed by atoms with E-state index in [0.29, 0.717) is 19.1 Å². The molecule has 0 radical (unpaired) electrons. The second kappa shape index (κ2) is 10.6. The maximum absolute atomic E-state index is 5.60. The second-order valence-electron chi connectivity index (χ2n) is 5.67. The second-order valence-corrected chi connectivity index (χ2v) is 6.95. The minimum atomic E-state index is 0.614. The minimum Gasteiger partial charge on any atom is -0.380 e. The lowest BCUT2D eigenvalue weighted by atomic mass is 10.1. The number of hydrogen-bond donors (Lipinski definition) is 2. The van der Waals surface area contributed by atoms with Crippen LogP contribution < -0.4 is 10.6 Å². The highest BCUT2D eigenvalue weighted by atomic mass is 32.1. The van der Waals surface area contributed by atoms with Gasteiger partial charge in [0.25, 0.3) is 0 Å². The van der Waals surface area contributed by atoms with Crippen molar-refractivity contribution in [3.05, 3.63) is 15.6 Å². The van der Waals surface area contributed by atoms with Gasteiger partial charge in [-0.25, -0.2) is 9.98 Å². The Labute approximate surface area is 138 Å². The third-order valence-corrected chi connectivity index (χ3v) is 4.23. The lowest BCUT2D eigenvalue weighted by molar-refractivity contribution is 0.128. The molecule has 0 unspecified atom stereocenters. The molecule has 5 nitrogen and oxygen atoms in total. The van der Waals surface area contributed by atoms with Gasteiger partial charge < -0.3 is 15.4 Å². The zero-order valence-corrected chi connectivity index (χ0v) is 15.3. The monoisotopic (exact) mass is 326 g/mol. The normalized spacial score (nSPS) is 12.0. The van der Waals surface area contributed by atoms with Crippen LogP contribution in [0.4, 0.5) is 0 Å². The maximum atomic E-state index is 5.60. The zero-order chi connectivity index (χ0) is 16.4. The number of rotatable bonds is 9. The zero-order valence-electron chi connectivity index (χ0n) is 14.5. The number of nitrogens with zero attached hydrogens (tertiary/aromatic N) is 2. The Morgan fingerprint density at radius 1 is 1.27 bits per heavy atom. The van der Waals surface area contributed by atoms with Gasteiger partial charge in [0.15, 0.2) is 5.96 Å². The topological polar surface area (TPSA) is 58.5 Å². The van der Waals surface area contributed by atoms with E-state index < -0.39 is 0 Å². The fraction of sp³-hybridized carbons (Fsp3) is 0.750. The Morgan fingerprint density at radius 3 is 2.64 bits per heavy atom. The van der Waals surface area contributed by atoms with Crippen LogP contribution in [0.3, 0.4) is 0 Å². The predicted molar refractivity (Wildman–Crippen MR) is 94.7 cm³/mol. The molecule has 0 saturated carbocycles. The molecule has 0 amide bonds. The molecule has 1 aromatic rings. The fourth-order valence-corrected chi connectivity index (χ4v) is 2.62. The molecule has 0 aliphatic rings. The van der Waals surface area contributed by atoms with Gasteiger partial charge in [-0.1, -0.05) is 13.8 Å². The van der Waals surface area contributed by atoms with Crippen molar-refractivity contribution in [2.45, 2.75) is 47.6 Å². The molecule has 0 aromatic carbocycles. The summed E-state index contributed by atoms with van der Waals surface area (Å²) in [6.07, 6.45) is 1.11. The van der Waals surface area contributed by atoms with Gasteiger partial charge in [-0.3, -0.25) is 0 Å². The van der Waals surface area contributed by atoms with E-state index in [2.05, 4.69) is 48.3 Å². The van der Waals surface area contributed by atoms with Gasteiger partial charge in [-0.2, -0.15) is 0 Å². The lowest BCUT2D eigenvalue weighted by Gasteiger charge is -2.11. The van der Waals surface area contributed by atoms with Gasteiger partial charge >= 0.3 is 0 Å². The molecule has 0 spiro atoms. The first-order valence-electron chi connectivity index (χ1n) is 8.05. The van der Waals surface area contributed by atoms with Crippen molar-refractivity contribution in [1.82, 2.24) is 15.6 Å². The van der Waals surface area contributed by atoms with Crippen LogP contribution in [0.5, 0.6) is 0 Å². The average Bonchev–Trinajstić information content (AvgIpc) is 2.78. The molecule has 1 aromatic heterocycles. The molecule has 126 valence electrons. The molecule has 0 bridgehead atoms. The highest BCUT2D eigenvalue weighted by molar-refractivity contribution is 7.11. The first kappa shape index (κ1) is 18.9. The highest BCUT2D eigenvalue weighted by Gasteiger charge is 2.03. The molecule has 6 heteroatoms. The van der Waals surface area contributed by atoms with E-state index >= 15 is 0 Å². The quantitative estimate of drug-likeness (QED) is 0.416. The summed E-state index contributed by atoms with van der Waals surface area (Å²) in [4.78, 5) is 10.3. The van der Waals surface area contributed by atoms with E-state index in [0.717, 1.165) is 42.8 Å². The van der Waals surface area contributed by atoms with E-state index in [9.17, 15) is 0 Å². The van der Waals surface area contributed by atoms with Crippen LogP contribution in [-0.2, 0) is 11.3 Å². The van der Waals surface area contributed by atoms with Crippen LogP contribution in [0.1, 0.15) is 42.8 Å². The van der Waals surface area contributed by atoms with Crippen LogP contribution in [0.15, 0.2) is 4.99 Å². The number of nitrogens with one attached hydrogen (secondary N) is 2. The summed E-state index contributed by atoms with van der Waals surface area (Å²) in [5, 5.41) is 7.59. The van der Waals surface area contributed by atoms with Crippen LogP contribution in [-0.4, -0.2) is 37.2 Å². The number of aryl methyl sites for hydroxylation is 2. The summed E-state index contributed by atoms with van der Waals surface area (Å²) >= 11 is 1.71. The first-order valence-corrected chi connectivity index (χ1v) is 8.87. The number of thiazole rings is 1. The van der Waals surface area contributed by atoms with Crippen molar-refractivity contribution in [3.8, 4) is 0 Å². The highest BCUT2D eigenvalue weighted by Crippen LogP contribution is 2.16. The summed E-state index contributed by atoms with van der Waals surface area (Å²) in [5.41, 5.74) is 1.10. The van der Waals surface area contributed by atoms with Gasteiger partial charge in [0.1, 0.15) is 5.01 Å². The van der Waals surface area contributed by atoms with Crippen LogP contribution >= 0.6 is 11.3 Å². The third-order valence-electron chi connectivity index (χ3n) is 3.17. The van der Waals surface area contributed by atoms with Crippen molar-refractivity contribution in [1.29, 1.82) is 0 Å². The maximum Gasteiger partial charge on any atom is 0.191 e. The first-order chi connectivity index (χ1) is 10.5. The molecular weight excluding hydrogens is 296 g/mol. The molecule has 0 aliphatic carbocycles. The SMILES string of the molecule is CCNC(=NCc1nc(C)c(C)s1)NCCOCCC(C)C. The number of guanidine groups is 1. The van der Waals surface area contributed by atoms with Crippen molar-refractivity contribution < 1.29 is 4.74 Å². The number of aromatic nitrogens is 1. The standard InChI is InChI=1S/C16H30N4OS/c1-6-17-16(18-8-10-21-9-7-12(2)3)19-11-15-20-13(4)14(5)22-15/h12H,6-11H2,1-5H3,(H2,17,18,19). The average molecular weight is 327 g/mol. The Balaban J connectivity index is 2.32. The van der Waals surface area contributed by atoms with Gasteiger partial charge in [0.2, 0.25) is 0 Å². The molecule has 0 fully saturated rings. The van der Waals surface area contributed by atoms with Crippen LogP contribution in [0.2, 0.25) is 0 Å². The Hall–Kier alpha value is -1.14. The summed E-state index contributed by atoms with van der Waals surface area (Å²) in [6.45, 7) is 14.4. The number of ether oxygens (including phenoxy) is 1. The lowest BCUT2D eigenvalue weighted by Crippen LogP contribution is -2.39. The fourth-order valence-electron chi connectivity index (χ4n) is 1.76. The van der Waals surface area contributed by atoms with E-state index in [1.54, 1.807) is 11.3 Å². The van der Waals surface area contributed by atoms with Gasteiger partial charge in [-0.15, -0.1) is 11.3 Å². The predicted octanol–water partition coefficient (Wildman–Crippen LogP) is 2.88. The summed E-state index contributed by atoms with van der Waals surface area (Å²) in [6, 6.07) is 0. The molecule has 2 N–H and O–H groups in total. The van der Waals surface area contributed by atoms with Gasteiger partial charge in [0, 0.05) is 24.6 Å². The molecule has 1 rings (SSSR count). The number of hydrogen-bond acceptors (Lipinski definition) is 4. The molecule has 22 heavy (non-hydrogen) atoms. The van der Waals surface area contributed by atoms with Crippen molar-refractivity contribution in [3.63, 3.8) is 0 Å². The largest absolute Gasteiger partial charge is 0.380 e. The molecule has 0 atom stereocenters. The smallest absolute Gasteiger partial charge is 0.191 e. The summed E-state index contributed by atoms with van der Waals surface area (Å²) < 4.78 is 5.60. The Bertz CT molecular complexity index is 437. The minimum absolute atomic E-state index is 0.614. The third kappa shape index (κ3) is 7.75. The van der Waals surface area contributed by atoms with Gasteiger partial charge in [0.05, 0.1) is 18.8 Å². The van der Waals surface area contributed by atoms with Crippen molar-refractivity contribution in [2.24, 2.45) is 10.9 Å². The summed E-state index contributed by atoms with van der Waals surface area (Å²) in [7, 11) is 0. The Kier molecular flexibility index (Phi) is 9.08. The van der Waals surface area contributed by atoms with Gasteiger partial charge in [-0.05, 0) is 33.1 Å². The van der Waals surface area contributed by atoms with E-state index in [-0.39, 0.29) is 0 Å². The molecule has 0 saturated heterocycles. The van der Waals surface area contributed by atoms with Crippen LogP contribution in [0.25, 0.3) is 0 Å². The molecule has 1 heterocycles. The Morgan fingerprint density at radius 2 is 2.05 bits per heavy atom. The molecule has 0 aliphatic heterocycles. The summed E-state index contributed by atoms with van der Waals surface area (Å²) in [5.74, 6) is 1.51. The van der Waals surface area contributed by atoms with E-state index in [1.165, 1.54) is 4.88 Å².